The number of amides is 3. The van der Waals surface area contributed by atoms with Gasteiger partial charge in [-0.15, -0.1) is 0 Å². The van der Waals surface area contributed by atoms with Crippen LogP contribution in [0.25, 0.3) is 10.9 Å². The zero-order valence-electron chi connectivity index (χ0n) is 20.0. The predicted molar refractivity (Wildman–Crippen MR) is 129 cm³/mol. The standard InChI is InChI=1S/C26H29FN4O4/c1-4-29(2)9-6-10-30-25(33)21-12-18-17-13-22(35-3)19(27)14-20(17)28-23(18)24(31(21)26(30)34)15-7-5-8-16(32)11-15/h5,7-8,11,13-14,21,24,28,32H,4,6,9-10,12H2,1-3H3/t21-,24?/m0/s1. The van der Waals surface area contributed by atoms with E-state index in [-0.39, 0.29) is 23.4 Å². The van der Waals surface area contributed by atoms with Gasteiger partial charge in [0.2, 0.25) is 0 Å². The minimum atomic E-state index is -0.679. The summed E-state index contributed by atoms with van der Waals surface area (Å²) in [6.07, 6.45) is 0.999. The number of methoxy groups -OCH3 is 1. The third-order valence-corrected chi connectivity index (χ3v) is 7.15. The summed E-state index contributed by atoms with van der Waals surface area (Å²) in [5, 5.41) is 10.9. The first-order valence-corrected chi connectivity index (χ1v) is 11.8. The number of hydrogen-bond acceptors (Lipinski definition) is 5. The van der Waals surface area contributed by atoms with Gasteiger partial charge in [-0.2, -0.15) is 0 Å². The third kappa shape index (κ3) is 3.80. The van der Waals surface area contributed by atoms with Gasteiger partial charge in [0.1, 0.15) is 17.8 Å². The van der Waals surface area contributed by atoms with E-state index >= 15 is 0 Å². The molecule has 2 atom stereocenters. The van der Waals surface area contributed by atoms with Gasteiger partial charge in [-0.3, -0.25) is 14.6 Å². The summed E-state index contributed by atoms with van der Waals surface area (Å²) >= 11 is 0. The quantitative estimate of drug-likeness (QED) is 0.504. The summed E-state index contributed by atoms with van der Waals surface area (Å²) in [5.41, 5.74) is 2.80. The number of phenolic OH excluding ortho intramolecular Hbond substituents is 1. The summed E-state index contributed by atoms with van der Waals surface area (Å²) in [4.78, 5) is 35.5. The minimum Gasteiger partial charge on any atom is -0.508 e. The van der Waals surface area contributed by atoms with E-state index in [4.69, 9.17) is 4.74 Å². The number of aromatic hydroxyl groups is 1. The Kier molecular flexibility index (Phi) is 5.88. The van der Waals surface area contributed by atoms with Crippen LogP contribution in [0.3, 0.4) is 0 Å². The van der Waals surface area contributed by atoms with Gasteiger partial charge in [-0.25, -0.2) is 9.18 Å². The molecule has 3 amide bonds. The van der Waals surface area contributed by atoms with E-state index < -0.39 is 17.9 Å². The SMILES string of the molecule is CCN(C)CCCN1C(=O)[C@@H]2Cc3c([nH]c4cc(F)c(OC)cc34)C(c3cccc(O)c3)N2C1=O. The van der Waals surface area contributed by atoms with Crippen molar-refractivity contribution < 1.29 is 23.8 Å². The molecule has 3 heterocycles. The molecule has 184 valence electrons. The summed E-state index contributed by atoms with van der Waals surface area (Å²) < 4.78 is 19.6. The molecule has 0 bridgehead atoms. The lowest BCUT2D eigenvalue weighted by Crippen LogP contribution is -2.44. The van der Waals surface area contributed by atoms with Crippen LogP contribution in [-0.4, -0.2) is 76.6 Å². The third-order valence-electron chi connectivity index (χ3n) is 7.15. The Balaban J connectivity index is 1.60. The number of imide groups is 1. The molecule has 1 unspecified atom stereocenters. The number of ether oxygens (including phenoxy) is 1. The first-order valence-electron chi connectivity index (χ1n) is 11.8. The molecule has 2 aromatic carbocycles. The van der Waals surface area contributed by atoms with Gasteiger partial charge in [0, 0.05) is 35.6 Å². The van der Waals surface area contributed by atoms with Gasteiger partial charge in [-0.05, 0) is 55.9 Å². The molecule has 0 radical (unpaired) electrons. The molecular formula is C26H29FN4O4. The van der Waals surface area contributed by atoms with Gasteiger partial charge < -0.3 is 19.7 Å². The number of aromatic nitrogens is 1. The van der Waals surface area contributed by atoms with Crippen LogP contribution >= 0.6 is 0 Å². The Labute approximate surface area is 202 Å². The maximum absolute atomic E-state index is 14.5. The molecule has 8 nitrogen and oxygen atoms in total. The first kappa shape index (κ1) is 23.2. The Hall–Kier alpha value is -3.59. The largest absolute Gasteiger partial charge is 0.508 e. The van der Waals surface area contributed by atoms with Gasteiger partial charge in [-0.1, -0.05) is 19.1 Å². The van der Waals surface area contributed by atoms with Crippen molar-refractivity contribution in [2.24, 2.45) is 0 Å². The van der Waals surface area contributed by atoms with Crippen molar-refractivity contribution in [1.29, 1.82) is 0 Å². The Morgan fingerprint density at radius 2 is 2.06 bits per heavy atom. The molecular weight excluding hydrogens is 451 g/mol. The Morgan fingerprint density at radius 3 is 2.77 bits per heavy atom. The molecule has 0 saturated carbocycles. The lowest BCUT2D eigenvalue weighted by atomic mass is 9.88. The second kappa shape index (κ2) is 8.88. The van der Waals surface area contributed by atoms with Crippen LogP contribution in [0.1, 0.15) is 36.2 Å². The van der Waals surface area contributed by atoms with Crippen LogP contribution in [0.2, 0.25) is 0 Å². The average molecular weight is 481 g/mol. The van der Waals surface area contributed by atoms with Gasteiger partial charge in [0.25, 0.3) is 5.91 Å². The highest BCUT2D eigenvalue weighted by Gasteiger charge is 2.52. The number of nitrogens with one attached hydrogen (secondary N) is 1. The number of hydrogen-bond donors (Lipinski definition) is 2. The summed E-state index contributed by atoms with van der Waals surface area (Å²) in [6.45, 7) is 4.08. The second-order valence-electron chi connectivity index (χ2n) is 9.20. The monoisotopic (exact) mass is 480 g/mol. The number of benzene rings is 2. The molecule has 2 aliphatic rings. The lowest BCUT2D eigenvalue weighted by Gasteiger charge is -2.36. The van der Waals surface area contributed by atoms with Crippen LogP contribution in [0, 0.1) is 5.82 Å². The van der Waals surface area contributed by atoms with E-state index in [0.29, 0.717) is 36.2 Å². The number of phenols is 1. The molecule has 2 aliphatic heterocycles. The maximum Gasteiger partial charge on any atom is 0.328 e. The van der Waals surface area contributed by atoms with Crippen molar-refractivity contribution in [3.8, 4) is 11.5 Å². The van der Waals surface area contributed by atoms with Crippen molar-refractivity contribution in [2.45, 2.75) is 31.8 Å². The number of aromatic amines is 1. The van der Waals surface area contributed by atoms with Crippen LogP contribution in [0.5, 0.6) is 11.5 Å². The Morgan fingerprint density at radius 1 is 1.26 bits per heavy atom. The van der Waals surface area contributed by atoms with Crippen molar-refractivity contribution >= 4 is 22.8 Å². The predicted octanol–water partition coefficient (Wildman–Crippen LogP) is 3.64. The topological polar surface area (TPSA) is 89.1 Å². The van der Waals surface area contributed by atoms with E-state index in [1.165, 1.54) is 18.1 Å². The highest BCUT2D eigenvalue weighted by atomic mass is 19.1. The molecule has 0 spiro atoms. The minimum absolute atomic E-state index is 0.0624. The summed E-state index contributed by atoms with van der Waals surface area (Å²) in [5.74, 6) is -0.546. The van der Waals surface area contributed by atoms with Crippen molar-refractivity contribution in [1.82, 2.24) is 19.7 Å². The van der Waals surface area contributed by atoms with E-state index in [1.807, 2.05) is 13.1 Å². The first-order chi connectivity index (χ1) is 16.8. The smallest absolute Gasteiger partial charge is 0.328 e. The molecule has 2 N–H and O–H groups in total. The van der Waals surface area contributed by atoms with Crippen molar-refractivity contribution in [3.63, 3.8) is 0 Å². The molecule has 1 aromatic heterocycles. The number of carbonyl (C=O) groups is 2. The fourth-order valence-corrected chi connectivity index (χ4v) is 5.24. The molecule has 1 saturated heterocycles. The molecule has 5 rings (SSSR count). The second-order valence-corrected chi connectivity index (χ2v) is 9.20. The number of carbonyl (C=O) groups excluding carboxylic acids is 2. The number of urea groups is 1. The highest BCUT2D eigenvalue weighted by Crippen LogP contribution is 2.45. The van der Waals surface area contributed by atoms with E-state index in [2.05, 4.69) is 16.8 Å². The number of halogens is 1. The zero-order valence-corrected chi connectivity index (χ0v) is 20.0. The molecule has 3 aromatic rings. The van der Waals surface area contributed by atoms with Gasteiger partial charge >= 0.3 is 6.03 Å². The van der Waals surface area contributed by atoms with Crippen LogP contribution in [0.15, 0.2) is 36.4 Å². The van der Waals surface area contributed by atoms with Crippen molar-refractivity contribution in [2.75, 3.05) is 33.8 Å². The molecule has 9 heteroatoms. The normalized spacial score (nSPS) is 19.6. The van der Waals surface area contributed by atoms with Crippen molar-refractivity contribution in [3.05, 3.63) is 59.0 Å². The zero-order chi connectivity index (χ0) is 24.9. The lowest BCUT2D eigenvalue weighted by molar-refractivity contribution is -0.128. The summed E-state index contributed by atoms with van der Waals surface area (Å²) in [6, 6.07) is 8.04. The number of H-pyrrole nitrogens is 1. The number of fused-ring (bicyclic) bond motifs is 4. The highest BCUT2D eigenvalue weighted by molar-refractivity contribution is 6.05. The van der Waals surface area contributed by atoms with E-state index in [0.717, 1.165) is 24.0 Å². The average Bonchev–Trinajstić information content (AvgIpc) is 3.31. The number of nitrogens with zero attached hydrogens (tertiary/aromatic N) is 3. The Bertz CT molecular complexity index is 1310. The molecule has 0 aliphatic carbocycles. The van der Waals surface area contributed by atoms with Gasteiger partial charge in [0.05, 0.1) is 7.11 Å². The molecule has 35 heavy (non-hydrogen) atoms. The number of rotatable bonds is 7. The van der Waals surface area contributed by atoms with Crippen LogP contribution in [0.4, 0.5) is 9.18 Å². The van der Waals surface area contributed by atoms with Crippen LogP contribution in [-0.2, 0) is 11.2 Å². The fourth-order valence-electron chi connectivity index (χ4n) is 5.24. The van der Waals surface area contributed by atoms with E-state index in [9.17, 15) is 19.1 Å². The van der Waals surface area contributed by atoms with Gasteiger partial charge in [0.15, 0.2) is 11.6 Å². The maximum atomic E-state index is 14.5. The fraction of sp³-hybridized carbons (Fsp3) is 0.385. The van der Waals surface area contributed by atoms with Crippen LogP contribution < -0.4 is 4.74 Å². The summed E-state index contributed by atoms with van der Waals surface area (Å²) in [7, 11) is 3.41. The molecule has 1 fully saturated rings. The van der Waals surface area contributed by atoms with E-state index in [1.54, 1.807) is 29.2 Å².